The second-order valence-corrected chi connectivity index (χ2v) is 14.8. The molecule has 7 atom stereocenters. The van der Waals surface area contributed by atoms with Crippen molar-refractivity contribution >= 4 is 45.3 Å². The maximum Gasteiger partial charge on any atom is 0.313 e. The van der Waals surface area contributed by atoms with Crippen LogP contribution in [0.15, 0.2) is 71.2 Å². The number of ether oxygens (including phenoxy) is 2. The van der Waals surface area contributed by atoms with Crippen LogP contribution in [0.5, 0.6) is 0 Å². The van der Waals surface area contributed by atoms with Gasteiger partial charge in [0.05, 0.1) is 12.0 Å². The number of likely N-dealkylation sites (tertiary alicyclic amines) is 1. The number of carbonyl (C=O) groups is 4. The van der Waals surface area contributed by atoms with Gasteiger partial charge in [-0.15, -0.1) is 0 Å². The van der Waals surface area contributed by atoms with Gasteiger partial charge < -0.3 is 29.3 Å². The molecule has 0 saturated carbocycles. The molecule has 50 heavy (non-hydrogen) atoms. The molecule has 2 saturated heterocycles. The Labute approximate surface area is 302 Å². The van der Waals surface area contributed by atoms with Crippen molar-refractivity contribution in [2.45, 2.75) is 82.8 Å². The number of carbonyl (C=O) groups excluding carboxylic acids is 4. The largest absolute Gasteiger partial charge is 0.455 e. The quantitative estimate of drug-likeness (QED) is 0.237. The molecule has 1 spiro atoms. The summed E-state index contributed by atoms with van der Waals surface area (Å²) in [7, 11) is 1.71. The number of aliphatic hydroxyl groups excluding tert-OH is 1. The number of esters is 1. The van der Waals surface area contributed by atoms with Crippen LogP contribution in [0.25, 0.3) is 0 Å². The average molecular weight is 749 g/mol. The van der Waals surface area contributed by atoms with Crippen molar-refractivity contribution in [3.63, 3.8) is 0 Å². The lowest BCUT2D eigenvalue weighted by Gasteiger charge is -2.36. The monoisotopic (exact) mass is 747 g/mol. The Morgan fingerprint density at radius 2 is 1.72 bits per heavy atom. The highest BCUT2D eigenvalue weighted by Gasteiger charge is 2.75. The minimum atomic E-state index is -1.41. The number of cyclic esters (lactones) is 1. The van der Waals surface area contributed by atoms with Crippen molar-refractivity contribution in [2.24, 2.45) is 11.8 Å². The van der Waals surface area contributed by atoms with Crippen molar-refractivity contribution < 1.29 is 33.8 Å². The van der Waals surface area contributed by atoms with Crippen LogP contribution in [-0.2, 0) is 28.7 Å². The summed E-state index contributed by atoms with van der Waals surface area (Å²) in [5.41, 5.74) is 1.90. The smallest absolute Gasteiger partial charge is 0.313 e. The summed E-state index contributed by atoms with van der Waals surface area (Å²) in [4.78, 5) is 62.6. The number of allylic oxidation sites excluding steroid dienone is 1. The molecule has 2 aromatic rings. The van der Waals surface area contributed by atoms with Crippen LogP contribution in [-0.4, -0.2) is 89.1 Å². The zero-order valence-corrected chi connectivity index (χ0v) is 30.7. The maximum atomic E-state index is 15.2. The van der Waals surface area contributed by atoms with Gasteiger partial charge in [-0.3, -0.25) is 19.2 Å². The molecular formula is C39H46BrN3O7. The van der Waals surface area contributed by atoms with E-state index in [4.69, 9.17) is 9.47 Å². The number of aliphatic hydroxyl groups is 1. The molecule has 266 valence electrons. The number of halogens is 1. The number of unbranched alkanes of at least 4 members (excludes halogenated alkanes) is 2. The van der Waals surface area contributed by atoms with Gasteiger partial charge in [0, 0.05) is 43.3 Å². The Bertz CT molecular complexity index is 1700. The number of benzene rings is 2. The fourth-order valence-electron chi connectivity index (χ4n) is 7.94. The molecule has 0 radical (unpaired) electrons. The lowest BCUT2D eigenvalue weighted by molar-refractivity contribution is -0.164. The molecule has 2 aromatic carbocycles. The van der Waals surface area contributed by atoms with E-state index in [1.807, 2.05) is 87.5 Å². The van der Waals surface area contributed by atoms with Crippen molar-refractivity contribution in [1.29, 1.82) is 0 Å². The molecule has 5 bridgehead atoms. The number of likely N-dealkylation sites (N-methyl/N-ethyl adjacent to an activating group) is 1. The molecule has 2 fully saturated rings. The van der Waals surface area contributed by atoms with E-state index in [1.54, 1.807) is 21.7 Å². The Balaban J connectivity index is 1.48. The first-order valence-corrected chi connectivity index (χ1v) is 18.3. The van der Waals surface area contributed by atoms with Gasteiger partial charge in [0.2, 0.25) is 11.8 Å². The SMILES string of the molecule is Cc1ccc(C)c(N2C/C=C\CCC(=O)N(C)[C@@H](C)[C@H](c3ccccc3)OC(=O)[C@H]3[C@@H]4O[C@@]5(C=C4Br)[C@@H]3C(=O)N(CCCCCO)[C@@H]5C2=O)c1. The normalized spacial score (nSPS) is 30.8. The van der Waals surface area contributed by atoms with E-state index in [-0.39, 0.29) is 43.8 Å². The summed E-state index contributed by atoms with van der Waals surface area (Å²) in [6, 6.07) is 13.7. The first-order chi connectivity index (χ1) is 24.0. The molecule has 0 aliphatic carbocycles. The van der Waals surface area contributed by atoms with Crippen molar-refractivity contribution in [2.75, 3.05) is 31.6 Å². The molecule has 6 rings (SSSR count). The summed E-state index contributed by atoms with van der Waals surface area (Å²) in [6.45, 7) is 6.28. The van der Waals surface area contributed by atoms with E-state index in [0.29, 0.717) is 35.9 Å². The van der Waals surface area contributed by atoms with Crippen LogP contribution < -0.4 is 4.90 Å². The number of nitrogens with zero attached hydrogens (tertiary/aromatic N) is 3. The predicted molar refractivity (Wildman–Crippen MR) is 192 cm³/mol. The summed E-state index contributed by atoms with van der Waals surface area (Å²) < 4.78 is 13.6. The van der Waals surface area contributed by atoms with Crippen molar-refractivity contribution in [3.8, 4) is 0 Å². The third-order valence-corrected chi connectivity index (χ3v) is 11.4. The Morgan fingerprint density at radius 3 is 2.46 bits per heavy atom. The highest BCUT2D eigenvalue weighted by atomic mass is 79.9. The number of amides is 3. The van der Waals surface area contributed by atoms with Crippen LogP contribution in [0, 0.1) is 25.7 Å². The molecule has 4 aliphatic rings. The van der Waals surface area contributed by atoms with E-state index in [9.17, 15) is 19.5 Å². The molecular weight excluding hydrogens is 702 g/mol. The number of fused-ring (bicyclic) bond motifs is 2. The number of hydrogen-bond donors (Lipinski definition) is 1. The van der Waals surface area contributed by atoms with Crippen LogP contribution in [0.3, 0.4) is 0 Å². The predicted octanol–water partition coefficient (Wildman–Crippen LogP) is 5.15. The number of aryl methyl sites for hydroxylation is 2. The van der Waals surface area contributed by atoms with Gasteiger partial charge in [-0.05, 0) is 75.3 Å². The molecule has 0 aromatic heterocycles. The Kier molecular flexibility index (Phi) is 10.7. The van der Waals surface area contributed by atoms with Crippen LogP contribution >= 0.6 is 15.9 Å². The van der Waals surface area contributed by atoms with Crippen molar-refractivity contribution in [3.05, 3.63) is 87.9 Å². The average Bonchev–Trinajstić information content (AvgIpc) is 3.70. The fraction of sp³-hybridized carbons (Fsp3) is 0.487. The van der Waals surface area contributed by atoms with Gasteiger partial charge in [0.15, 0.2) is 0 Å². The number of rotatable bonds is 7. The standard InChI is InChI=1S/C39H46BrN3O7/c1-24-17-18-25(2)29(22-24)42-19-11-6-10-16-30(45)41(4)26(3)33(27-14-8-5-9-15-27)49-38(48)31-32-36(46)43(20-12-7-13-21-44)35(37(42)47)39(32)23-28(40)34(31)50-39/h5-6,8-9,11,14-15,17-18,22-23,26,31-35,44H,7,10,12-13,16,19-21H2,1-4H3/b11-6-/t26-,31+,32-,33+,34+,35+,39-/m0/s1. The highest BCUT2D eigenvalue weighted by molar-refractivity contribution is 9.11. The Hall–Kier alpha value is -3.80. The molecule has 11 heteroatoms. The second-order valence-electron chi connectivity index (χ2n) is 13.9. The van der Waals surface area contributed by atoms with E-state index < -0.39 is 47.7 Å². The number of hydrogen-bond acceptors (Lipinski definition) is 7. The fourth-order valence-corrected chi connectivity index (χ4v) is 8.68. The molecule has 4 aliphatic heterocycles. The molecule has 3 amide bonds. The summed E-state index contributed by atoms with van der Waals surface area (Å²) in [5, 5.41) is 9.43. The lowest BCUT2D eigenvalue weighted by Crippen LogP contribution is -2.56. The van der Waals surface area contributed by atoms with E-state index in [0.717, 1.165) is 16.7 Å². The first-order valence-electron chi connectivity index (χ1n) is 17.5. The van der Waals surface area contributed by atoms with Crippen LogP contribution in [0.4, 0.5) is 5.69 Å². The third-order valence-electron chi connectivity index (χ3n) is 10.7. The first kappa shape index (κ1) is 36.0. The van der Waals surface area contributed by atoms with Crippen LogP contribution in [0.2, 0.25) is 0 Å². The summed E-state index contributed by atoms with van der Waals surface area (Å²) in [6.07, 6.45) is 6.49. The second kappa shape index (κ2) is 14.8. The maximum absolute atomic E-state index is 15.2. The minimum absolute atomic E-state index is 0.0335. The topological polar surface area (TPSA) is 117 Å². The zero-order chi connectivity index (χ0) is 35.7. The Morgan fingerprint density at radius 1 is 0.960 bits per heavy atom. The molecule has 0 unspecified atom stereocenters. The summed E-state index contributed by atoms with van der Waals surface area (Å²) >= 11 is 3.64. The van der Waals surface area contributed by atoms with Gasteiger partial charge in [-0.2, -0.15) is 0 Å². The zero-order valence-electron chi connectivity index (χ0n) is 29.1. The summed E-state index contributed by atoms with van der Waals surface area (Å²) in [5.74, 6) is -3.39. The van der Waals surface area contributed by atoms with Crippen molar-refractivity contribution in [1.82, 2.24) is 9.80 Å². The number of anilines is 1. The lowest BCUT2D eigenvalue weighted by atomic mass is 9.74. The third kappa shape index (κ3) is 6.44. The van der Waals surface area contributed by atoms with E-state index in [1.165, 1.54) is 0 Å². The minimum Gasteiger partial charge on any atom is -0.455 e. The molecule has 10 nitrogen and oxygen atoms in total. The molecule has 4 heterocycles. The van der Waals surface area contributed by atoms with Gasteiger partial charge >= 0.3 is 5.97 Å². The van der Waals surface area contributed by atoms with Gasteiger partial charge in [0.1, 0.15) is 29.8 Å². The van der Waals surface area contributed by atoms with Gasteiger partial charge in [-0.25, -0.2) is 0 Å². The van der Waals surface area contributed by atoms with Gasteiger partial charge in [-0.1, -0.05) is 70.5 Å². The van der Waals surface area contributed by atoms with E-state index in [2.05, 4.69) is 15.9 Å². The molecule has 1 N–H and O–H groups in total. The van der Waals surface area contributed by atoms with Crippen LogP contribution in [0.1, 0.15) is 61.8 Å². The van der Waals surface area contributed by atoms with Gasteiger partial charge in [0.25, 0.3) is 5.91 Å². The highest BCUT2D eigenvalue weighted by Crippen LogP contribution is 2.59. The van der Waals surface area contributed by atoms with E-state index >= 15 is 4.79 Å².